The lowest BCUT2D eigenvalue weighted by Gasteiger charge is -2.13. The first kappa shape index (κ1) is 24.1. The van der Waals surface area contributed by atoms with Gasteiger partial charge in [-0.1, -0.05) is 53.5 Å². The van der Waals surface area contributed by atoms with Crippen molar-refractivity contribution in [1.29, 1.82) is 0 Å². The summed E-state index contributed by atoms with van der Waals surface area (Å²) in [5, 5.41) is 0.452. The second-order valence-electron chi connectivity index (χ2n) is 7.31. The van der Waals surface area contributed by atoms with Crippen LogP contribution in [-0.4, -0.2) is 23.2 Å². The number of benzene rings is 3. The van der Waals surface area contributed by atoms with Crippen LogP contribution in [0.5, 0.6) is 11.5 Å². The van der Waals surface area contributed by atoms with E-state index in [1.165, 1.54) is 13.2 Å². The molecule has 2 amide bonds. The molecule has 3 aromatic rings. The molecule has 1 aliphatic rings. The summed E-state index contributed by atoms with van der Waals surface area (Å²) in [4.78, 5) is 26.4. The molecule has 1 saturated heterocycles. The summed E-state index contributed by atoms with van der Waals surface area (Å²) in [5.41, 5.74) is 1.76. The average Bonchev–Trinajstić information content (AvgIpc) is 3.08. The highest BCUT2D eigenvalue weighted by atomic mass is 35.5. The van der Waals surface area contributed by atoms with Gasteiger partial charge < -0.3 is 9.47 Å². The first-order valence-corrected chi connectivity index (χ1v) is 11.7. The molecule has 1 heterocycles. The van der Waals surface area contributed by atoms with E-state index in [-0.39, 0.29) is 23.6 Å². The zero-order valence-corrected chi connectivity index (χ0v) is 20.2. The molecular weight excluding hydrogens is 500 g/mol. The Balaban J connectivity index is 1.49. The van der Waals surface area contributed by atoms with Gasteiger partial charge in [0.05, 0.1) is 28.6 Å². The van der Waals surface area contributed by atoms with Crippen molar-refractivity contribution in [3.05, 3.63) is 98.1 Å². The lowest BCUT2D eigenvalue weighted by molar-refractivity contribution is -0.123. The van der Waals surface area contributed by atoms with Crippen LogP contribution in [0.15, 0.2) is 65.6 Å². The Bertz CT molecular complexity index is 1300. The Hall–Kier alpha value is -3.00. The third-order valence-electron chi connectivity index (χ3n) is 5.02. The molecule has 0 saturated carbocycles. The van der Waals surface area contributed by atoms with E-state index in [9.17, 15) is 14.0 Å². The number of ether oxygens (including phenoxy) is 2. The van der Waals surface area contributed by atoms with Gasteiger partial charge >= 0.3 is 0 Å². The molecule has 34 heavy (non-hydrogen) atoms. The fourth-order valence-corrected chi connectivity index (χ4v) is 4.43. The molecule has 0 atom stereocenters. The summed E-state index contributed by atoms with van der Waals surface area (Å²) in [6, 6.07) is 16.4. The number of halogens is 3. The van der Waals surface area contributed by atoms with Crippen LogP contribution in [0.4, 0.5) is 9.18 Å². The first-order chi connectivity index (χ1) is 16.4. The molecule has 174 valence electrons. The molecule has 0 aliphatic carbocycles. The Morgan fingerprint density at radius 3 is 2.53 bits per heavy atom. The van der Waals surface area contributed by atoms with Crippen LogP contribution in [0.3, 0.4) is 0 Å². The van der Waals surface area contributed by atoms with E-state index in [1.54, 1.807) is 54.6 Å². The average molecular weight is 518 g/mol. The molecule has 0 N–H and O–H groups in total. The molecule has 1 aliphatic heterocycles. The highest BCUT2D eigenvalue weighted by Crippen LogP contribution is 2.36. The van der Waals surface area contributed by atoms with E-state index >= 15 is 0 Å². The Kier molecular flexibility index (Phi) is 7.46. The number of rotatable bonds is 7. The van der Waals surface area contributed by atoms with Crippen LogP contribution >= 0.6 is 35.0 Å². The quantitative estimate of drug-likeness (QED) is 0.317. The molecule has 0 unspecified atom stereocenters. The highest BCUT2D eigenvalue weighted by Gasteiger charge is 2.35. The number of hydrogen-bond donors (Lipinski definition) is 0. The van der Waals surface area contributed by atoms with E-state index in [4.69, 9.17) is 32.7 Å². The second kappa shape index (κ2) is 10.5. The molecular formula is C25H18Cl2FNO4S. The second-order valence-corrected chi connectivity index (χ2v) is 9.11. The van der Waals surface area contributed by atoms with E-state index < -0.39 is 17.0 Å². The Labute approximate surface area is 210 Å². The predicted molar refractivity (Wildman–Crippen MR) is 132 cm³/mol. The summed E-state index contributed by atoms with van der Waals surface area (Å²) >= 11 is 12.8. The number of imide groups is 1. The smallest absolute Gasteiger partial charge is 0.293 e. The molecule has 4 rings (SSSR count). The van der Waals surface area contributed by atoms with Crippen molar-refractivity contribution < 1.29 is 23.5 Å². The maximum atomic E-state index is 14.0. The number of thioether (sulfide) groups is 1. The number of carbonyl (C=O) groups is 2. The van der Waals surface area contributed by atoms with Gasteiger partial charge in [-0.3, -0.25) is 14.5 Å². The molecule has 0 spiro atoms. The lowest BCUT2D eigenvalue weighted by Crippen LogP contribution is -2.27. The molecule has 0 aromatic heterocycles. The van der Waals surface area contributed by atoms with Crippen molar-refractivity contribution in [3.63, 3.8) is 0 Å². The number of carbonyl (C=O) groups excluding carboxylic acids is 2. The molecule has 9 heteroatoms. The minimum absolute atomic E-state index is 0.126. The van der Waals surface area contributed by atoms with Crippen LogP contribution in [0, 0.1) is 5.82 Å². The van der Waals surface area contributed by atoms with Gasteiger partial charge in [0.1, 0.15) is 12.4 Å². The number of hydrogen-bond acceptors (Lipinski definition) is 5. The topological polar surface area (TPSA) is 55.8 Å². The summed E-state index contributed by atoms with van der Waals surface area (Å²) in [5.74, 6) is 0.0154. The highest BCUT2D eigenvalue weighted by molar-refractivity contribution is 8.18. The third-order valence-corrected chi connectivity index (χ3v) is 6.67. The van der Waals surface area contributed by atoms with Gasteiger partial charge in [-0.2, -0.15) is 0 Å². The van der Waals surface area contributed by atoms with Crippen molar-refractivity contribution in [2.75, 3.05) is 7.11 Å². The fourth-order valence-electron chi connectivity index (χ4n) is 3.27. The predicted octanol–water partition coefficient (Wildman–Crippen LogP) is 6.96. The van der Waals surface area contributed by atoms with Gasteiger partial charge in [0.15, 0.2) is 11.5 Å². The summed E-state index contributed by atoms with van der Waals surface area (Å²) in [7, 11) is 1.51. The molecule has 0 radical (unpaired) electrons. The number of methoxy groups -OCH3 is 1. The van der Waals surface area contributed by atoms with Crippen molar-refractivity contribution in [2.24, 2.45) is 0 Å². The monoisotopic (exact) mass is 517 g/mol. The van der Waals surface area contributed by atoms with Crippen LogP contribution in [0.25, 0.3) is 6.08 Å². The van der Waals surface area contributed by atoms with Gasteiger partial charge in [-0.25, -0.2) is 4.39 Å². The summed E-state index contributed by atoms with van der Waals surface area (Å²) < 4.78 is 25.2. The van der Waals surface area contributed by atoms with Crippen LogP contribution in [-0.2, 0) is 17.9 Å². The van der Waals surface area contributed by atoms with Crippen LogP contribution < -0.4 is 9.47 Å². The van der Waals surface area contributed by atoms with Crippen molar-refractivity contribution in [1.82, 2.24) is 4.90 Å². The zero-order valence-electron chi connectivity index (χ0n) is 17.9. The SMILES string of the molecule is COc1cc(/C=C2\SC(=O)N(Cc3ccccc3F)C2=O)ccc1OCc1ccc(Cl)c(Cl)c1. The molecule has 5 nitrogen and oxygen atoms in total. The van der Waals surface area contributed by atoms with Gasteiger partial charge in [0.2, 0.25) is 0 Å². The normalized spacial score (nSPS) is 14.7. The minimum Gasteiger partial charge on any atom is -0.493 e. The van der Waals surface area contributed by atoms with Crippen LogP contribution in [0.2, 0.25) is 10.0 Å². The molecule has 1 fully saturated rings. The van der Waals surface area contributed by atoms with Gasteiger partial charge in [-0.05, 0) is 59.3 Å². The molecule has 3 aromatic carbocycles. The van der Waals surface area contributed by atoms with E-state index in [2.05, 4.69) is 0 Å². The Morgan fingerprint density at radius 2 is 1.79 bits per heavy atom. The van der Waals surface area contributed by atoms with Crippen LogP contribution in [0.1, 0.15) is 16.7 Å². The number of amides is 2. The maximum absolute atomic E-state index is 14.0. The largest absolute Gasteiger partial charge is 0.493 e. The standard InChI is InChI=1S/C25H18Cl2FNO4S/c1-32-22-11-15(7-9-21(22)33-14-16-6-8-18(26)19(27)10-16)12-23-24(30)29(25(31)34-23)13-17-4-2-3-5-20(17)28/h2-12H,13-14H2,1H3/b23-12-. The summed E-state index contributed by atoms with van der Waals surface area (Å²) in [6.07, 6.45) is 1.59. The first-order valence-electron chi connectivity index (χ1n) is 10.1. The molecule has 0 bridgehead atoms. The zero-order chi connectivity index (χ0) is 24.2. The maximum Gasteiger partial charge on any atom is 0.293 e. The van der Waals surface area contributed by atoms with Crippen molar-refractivity contribution in [3.8, 4) is 11.5 Å². The van der Waals surface area contributed by atoms with Crippen molar-refractivity contribution >= 4 is 52.2 Å². The van der Waals surface area contributed by atoms with E-state index in [0.717, 1.165) is 22.2 Å². The van der Waals surface area contributed by atoms with Crippen molar-refractivity contribution in [2.45, 2.75) is 13.2 Å². The fraction of sp³-hybridized carbons (Fsp3) is 0.120. The Morgan fingerprint density at radius 1 is 1.00 bits per heavy atom. The number of nitrogens with zero attached hydrogens (tertiary/aromatic N) is 1. The van der Waals surface area contributed by atoms with E-state index in [0.29, 0.717) is 27.1 Å². The van der Waals surface area contributed by atoms with Gasteiger partial charge in [0.25, 0.3) is 11.1 Å². The minimum atomic E-state index is -0.475. The third kappa shape index (κ3) is 5.38. The van der Waals surface area contributed by atoms with Gasteiger partial charge in [0, 0.05) is 5.56 Å². The summed E-state index contributed by atoms with van der Waals surface area (Å²) in [6.45, 7) is 0.126. The lowest BCUT2D eigenvalue weighted by atomic mass is 10.1. The van der Waals surface area contributed by atoms with Gasteiger partial charge in [-0.15, -0.1) is 0 Å². The van der Waals surface area contributed by atoms with E-state index in [1.807, 2.05) is 6.07 Å².